The van der Waals surface area contributed by atoms with Crippen molar-refractivity contribution in [3.05, 3.63) is 21.4 Å². The first-order valence-corrected chi connectivity index (χ1v) is 8.29. The van der Waals surface area contributed by atoms with Gasteiger partial charge in [0.25, 0.3) is 0 Å². The van der Waals surface area contributed by atoms with Crippen molar-refractivity contribution in [1.29, 1.82) is 0 Å². The van der Waals surface area contributed by atoms with Gasteiger partial charge in [-0.15, -0.1) is 11.3 Å². The van der Waals surface area contributed by atoms with Crippen molar-refractivity contribution >= 4 is 33.2 Å². The smallest absolute Gasteiger partial charge is 0.145 e. The monoisotopic (exact) mass is 311 g/mol. The Kier molecular flexibility index (Phi) is 4.99. The van der Waals surface area contributed by atoms with E-state index < -0.39 is 0 Å². The molecule has 0 spiro atoms. The largest absolute Gasteiger partial charge is 0.294 e. The van der Waals surface area contributed by atoms with Gasteiger partial charge < -0.3 is 0 Å². The molecule has 0 aliphatic carbocycles. The Labute approximate surface area is 130 Å². The maximum atomic E-state index is 6.36. The average Bonchev–Trinajstić information content (AvgIpc) is 2.64. The number of fused-ring (bicyclic) bond motifs is 1. The molecule has 2 rings (SSSR count). The standard InChI is InChI=1S/C15H22ClN3S/c1-6-7-19(9(2)3)8-12-17-14(16)13-10(4)11(5)20-15(13)18-12/h9H,6-8H2,1-5H3. The van der Waals surface area contributed by atoms with E-state index in [0.717, 1.165) is 35.6 Å². The molecule has 0 aliphatic heterocycles. The Morgan fingerprint density at radius 2 is 1.95 bits per heavy atom. The highest BCUT2D eigenvalue weighted by atomic mass is 35.5. The highest BCUT2D eigenvalue weighted by molar-refractivity contribution is 7.18. The molecule has 0 amide bonds. The van der Waals surface area contributed by atoms with E-state index in [1.54, 1.807) is 11.3 Å². The van der Waals surface area contributed by atoms with Gasteiger partial charge in [-0.2, -0.15) is 0 Å². The van der Waals surface area contributed by atoms with Gasteiger partial charge >= 0.3 is 0 Å². The zero-order valence-electron chi connectivity index (χ0n) is 12.8. The van der Waals surface area contributed by atoms with Crippen LogP contribution >= 0.6 is 22.9 Å². The number of halogens is 1. The van der Waals surface area contributed by atoms with Crippen molar-refractivity contribution in [3.8, 4) is 0 Å². The molecule has 0 N–H and O–H groups in total. The Morgan fingerprint density at radius 1 is 1.25 bits per heavy atom. The van der Waals surface area contributed by atoms with Crippen LogP contribution in [0, 0.1) is 13.8 Å². The van der Waals surface area contributed by atoms with Crippen molar-refractivity contribution in [3.63, 3.8) is 0 Å². The second-order valence-electron chi connectivity index (χ2n) is 5.46. The van der Waals surface area contributed by atoms with Crippen molar-refractivity contribution in [2.75, 3.05) is 6.54 Å². The summed E-state index contributed by atoms with van der Waals surface area (Å²) < 4.78 is 0. The molecule has 0 unspecified atom stereocenters. The third-order valence-electron chi connectivity index (χ3n) is 3.62. The molecule has 0 aliphatic rings. The molecule has 5 heteroatoms. The first-order chi connectivity index (χ1) is 9.43. The summed E-state index contributed by atoms with van der Waals surface area (Å²) in [5.41, 5.74) is 1.20. The highest BCUT2D eigenvalue weighted by Gasteiger charge is 2.16. The fourth-order valence-corrected chi connectivity index (χ4v) is 3.73. The van der Waals surface area contributed by atoms with E-state index in [1.807, 2.05) is 0 Å². The van der Waals surface area contributed by atoms with Crippen LogP contribution in [0.4, 0.5) is 0 Å². The molecule has 2 aromatic heterocycles. The third-order valence-corrected chi connectivity index (χ3v) is 4.99. The van der Waals surface area contributed by atoms with Crippen LogP contribution in [0.15, 0.2) is 0 Å². The van der Waals surface area contributed by atoms with Gasteiger partial charge in [0, 0.05) is 10.9 Å². The molecule has 0 aromatic carbocycles. The molecule has 0 radical (unpaired) electrons. The maximum Gasteiger partial charge on any atom is 0.145 e. The fourth-order valence-electron chi connectivity index (χ4n) is 2.30. The van der Waals surface area contributed by atoms with Crippen molar-refractivity contribution in [2.24, 2.45) is 0 Å². The second-order valence-corrected chi connectivity index (χ2v) is 7.02. The van der Waals surface area contributed by atoms with Crippen molar-refractivity contribution in [1.82, 2.24) is 14.9 Å². The third kappa shape index (κ3) is 3.13. The SMILES string of the molecule is CCCN(Cc1nc(Cl)c2c(C)c(C)sc2n1)C(C)C. The minimum Gasteiger partial charge on any atom is -0.294 e. The molecule has 20 heavy (non-hydrogen) atoms. The predicted molar refractivity (Wildman–Crippen MR) is 87.7 cm³/mol. The van der Waals surface area contributed by atoms with E-state index >= 15 is 0 Å². The average molecular weight is 312 g/mol. The molecule has 0 fully saturated rings. The molecule has 3 nitrogen and oxygen atoms in total. The minimum absolute atomic E-state index is 0.486. The summed E-state index contributed by atoms with van der Waals surface area (Å²) in [6, 6.07) is 0.486. The van der Waals surface area contributed by atoms with Crippen LogP contribution in [0.1, 0.15) is 43.5 Å². The molecule has 0 bridgehead atoms. The Balaban J connectivity index is 2.36. The van der Waals surface area contributed by atoms with E-state index in [-0.39, 0.29) is 0 Å². The fraction of sp³-hybridized carbons (Fsp3) is 0.600. The highest BCUT2D eigenvalue weighted by Crippen LogP contribution is 2.33. The lowest BCUT2D eigenvalue weighted by Crippen LogP contribution is -2.31. The normalized spacial score (nSPS) is 12.0. The van der Waals surface area contributed by atoms with Crippen LogP contribution in [-0.2, 0) is 6.54 Å². The van der Waals surface area contributed by atoms with E-state index in [2.05, 4.69) is 44.5 Å². The van der Waals surface area contributed by atoms with E-state index in [0.29, 0.717) is 11.2 Å². The summed E-state index contributed by atoms with van der Waals surface area (Å²) in [6.07, 6.45) is 1.13. The van der Waals surface area contributed by atoms with Crippen LogP contribution in [0.3, 0.4) is 0 Å². The summed E-state index contributed by atoms with van der Waals surface area (Å²) in [5, 5.41) is 1.61. The van der Waals surface area contributed by atoms with Crippen LogP contribution in [-0.4, -0.2) is 27.5 Å². The number of rotatable bonds is 5. The molecular formula is C15H22ClN3S. The number of nitrogens with zero attached hydrogens (tertiary/aromatic N) is 3. The van der Waals surface area contributed by atoms with E-state index in [1.165, 1.54) is 10.4 Å². The van der Waals surface area contributed by atoms with Crippen LogP contribution < -0.4 is 0 Å². The zero-order chi connectivity index (χ0) is 14.9. The Bertz CT molecular complexity index is 607. The van der Waals surface area contributed by atoms with Gasteiger partial charge in [0.05, 0.1) is 11.9 Å². The number of thiophene rings is 1. The van der Waals surface area contributed by atoms with Gasteiger partial charge in [0.2, 0.25) is 0 Å². The lowest BCUT2D eigenvalue weighted by molar-refractivity contribution is 0.208. The van der Waals surface area contributed by atoms with Gasteiger partial charge in [-0.1, -0.05) is 18.5 Å². The Morgan fingerprint density at radius 3 is 2.55 bits per heavy atom. The van der Waals surface area contributed by atoms with Gasteiger partial charge in [-0.25, -0.2) is 9.97 Å². The summed E-state index contributed by atoms with van der Waals surface area (Å²) in [6.45, 7) is 12.6. The molecule has 2 heterocycles. The van der Waals surface area contributed by atoms with E-state index in [9.17, 15) is 0 Å². The first-order valence-electron chi connectivity index (χ1n) is 7.10. The van der Waals surface area contributed by atoms with Crippen LogP contribution in [0.25, 0.3) is 10.2 Å². The minimum atomic E-state index is 0.486. The van der Waals surface area contributed by atoms with Gasteiger partial charge in [0.1, 0.15) is 15.8 Å². The molecule has 2 aromatic rings. The van der Waals surface area contributed by atoms with Crippen molar-refractivity contribution in [2.45, 2.75) is 53.6 Å². The zero-order valence-corrected chi connectivity index (χ0v) is 14.4. The van der Waals surface area contributed by atoms with E-state index in [4.69, 9.17) is 16.6 Å². The van der Waals surface area contributed by atoms with Crippen LogP contribution in [0.5, 0.6) is 0 Å². The first kappa shape index (κ1) is 15.7. The number of hydrogen-bond donors (Lipinski definition) is 0. The molecule has 110 valence electrons. The molecular weight excluding hydrogens is 290 g/mol. The van der Waals surface area contributed by atoms with Crippen molar-refractivity contribution < 1.29 is 0 Å². The van der Waals surface area contributed by atoms with Crippen LogP contribution in [0.2, 0.25) is 5.15 Å². The van der Waals surface area contributed by atoms with Gasteiger partial charge in [-0.05, 0) is 46.2 Å². The summed E-state index contributed by atoms with van der Waals surface area (Å²) >= 11 is 8.06. The molecule has 0 saturated heterocycles. The second kappa shape index (κ2) is 6.37. The summed E-state index contributed by atoms with van der Waals surface area (Å²) in [4.78, 5) is 13.9. The lowest BCUT2D eigenvalue weighted by Gasteiger charge is -2.25. The topological polar surface area (TPSA) is 29.0 Å². The molecule has 0 atom stereocenters. The summed E-state index contributed by atoms with van der Waals surface area (Å²) in [5.74, 6) is 0.825. The summed E-state index contributed by atoms with van der Waals surface area (Å²) in [7, 11) is 0. The lowest BCUT2D eigenvalue weighted by atomic mass is 10.2. The van der Waals surface area contributed by atoms with Gasteiger partial charge in [0.15, 0.2) is 0 Å². The number of hydrogen-bond acceptors (Lipinski definition) is 4. The maximum absolute atomic E-state index is 6.36. The number of aryl methyl sites for hydroxylation is 2. The number of aromatic nitrogens is 2. The molecule has 0 saturated carbocycles. The van der Waals surface area contributed by atoms with Gasteiger partial charge in [-0.3, -0.25) is 4.90 Å². The quantitative estimate of drug-likeness (QED) is 0.757. The Hall–Kier alpha value is -0.710. The predicted octanol–water partition coefficient (Wildman–Crippen LogP) is 4.58.